The highest BCUT2D eigenvalue weighted by atomic mass is 35.5. The van der Waals surface area contributed by atoms with E-state index in [1.165, 1.54) is 0 Å². The minimum Gasteiger partial charge on any atom is -0.337 e. The zero-order chi connectivity index (χ0) is 17.3. The van der Waals surface area contributed by atoms with Gasteiger partial charge in [-0.15, -0.1) is 0 Å². The van der Waals surface area contributed by atoms with Gasteiger partial charge in [0.15, 0.2) is 5.78 Å². The number of amides is 1. The Kier molecular flexibility index (Phi) is 4.49. The first-order valence-corrected chi connectivity index (χ1v) is 8.05. The van der Waals surface area contributed by atoms with Crippen molar-refractivity contribution in [1.29, 1.82) is 5.41 Å². The largest absolute Gasteiger partial charge is 0.337 e. The Morgan fingerprint density at radius 2 is 1.71 bits per heavy atom. The quantitative estimate of drug-likeness (QED) is 0.686. The molecule has 0 spiro atoms. The van der Waals surface area contributed by atoms with Crippen molar-refractivity contribution < 1.29 is 9.59 Å². The van der Waals surface area contributed by atoms with Crippen LogP contribution in [0.1, 0.15) is 23.6 Å². The number of halogens is 1. The summed E-state index contributed by atoms with van der Waals surface area (Å²) in [4.78, 5) is 26.9. The summed E-state index contributed by atoms with van der Waals surface area (Å²) in [5.41, 5.74) is 1.50. The molecule has 0 saturated carbocycles. The van der Waals surface area contributed by atoms with Crippen LogP contribution in [-0.4, -0.2) is 29.3 Å². The van der Waals surface area contributed by atoms with Crippen LogP contribution in [0.2, 0.25) is 5.02 Å². The van der Waals surface area contributed by atoms with Crippen molar-refractivity contribution in [3.8, 4) is 0 Å². The second-order valence-electron chi connectivity index (χ2n) is 5.90. The number of Topliss-reactive ketones (excluding diaryl/α,β-unsaturated/α-hetero) is 1. The van der Waals surface area contributed by atoms with E-state index < -0.39 is 5.92 Å². The molecule has 5 heteroatoms. The summed E-state index contributed by atoms with van der Waals surface area (Å²) < 4.78 is 0. The van der Waals surface area contributed by atoms with Crippen LogP contribution in [-0.2, 0) is 9.59 Å². The van der Waals surface area contributed by atoms with Crippen LogP contribution < -0.4 is 0 Å². The normalized spacial score (nSPS) is 21.0. The Bertz CT molecular complexity index is 787. The third kappa shape index (κ3) is 2.97. The highest BCUT2D eigenvalue weighted by Gasteiger charge is 2.42. The van der Waals surface area contributed by atoms with E-state index in [1.54, 1.807) is 36.2 Å². The van der Waals surface area contributed by atoms with Gasteiger partial charge in [-0.25, -0.2) is 0 Å². The van der Waals surface area contributed by atoms with Crippen molar-refractivity contribution >= 4 is 29.0 Å². The maximum absolute atomic E-state index is 12.7. The van der Waals surface area contributed by atoms with Crippen molar-refractivity contribution in [2.45, 2.75) is 12.5 Å². The molecule has 2 aromatic rings. The van der Waals surface area contributed by atoms with E-state index in [2.05, 4.69) is 0 Å². The number of rotatable bonds is 3. The van der Waals surface area contributed by atoms with Gasteiger partial charge in [0.2, 0.25) is 5.91 Å². The number of ketones is 1. The lowest BCUT2D eigenvalue weighted by Crippen LogP contribution is -2.48. The first kappa shape index (κ1) is 16.4. The van der Waals surface area contributed by atoms with E-state index in [1.807, 2.05) is 30.3 Å². The third-order valence-corrected chi connectivity index (χ3v) is 4.66. The SMILES string of the molecule is CN1C(=O)C(C(=N)c2ccc(Cl)cc2)C(=O)CC1c1ccccc1. The molecular formula is C19H17ClN2O2. The summed E-state index contributed by atoms with van der Waals surface area (Å²) in [6, 6.07) is 15.8. The van der Waals surface area contributed by atoms with E-state index in [0.717, 1.165) is 5.56 Å². The second kappa shape index (κ2) is 6.57. The molecule has 0 aromatic heterocycles. The Balaban J connectivity index is 1.87. The van der Waals surface area contributed by atoms with Gasteiger partial charge in [0.05, 0.1) is 11.8 Å². The summed E-state index contributed by atoms with van der Waals surface area (Å²) >= 11 is 5.86. The number of nitrogens with one attached hydrogen (secondary N) is 1. The first-order valence-electron chi connectivity index (χ1n) is 7.67. The highest BCUT2D eigenvalue weighted by molar-refractivity contribution is 6.31. The van der Waals surface area contributed by atoms with Gasteiger partial charge in [0, 0.05) is 18.5 Å². The van der Waals surface area contributed by atoms with Crippen LogP contribution in [0.5, 0.6) is 0 Å². The average molecular weight is 341 g/mol. The van der Waals surface area contributed by atoms with Crippen LogP contribution in [0.15, 0.2) is 54.6 Å². The standard InChI is InChI=1S/C19H17ClN2O2/c1-22-15(12-5-3-2-4-6-12)11-16(23)17(19(22)24)18(21)13-7-9-14(20)10-8-13/h2-10,15,17,21H,11H2,1H3. The molecule has 1 aliphatic heterocycles. The van der Waals surface area contributed by atoms with Crippen molar-refractivity contribution in [3.05, 3.63) is 70.7 Å². The number of piperidine rings is 1. The van der Waals surface area contributed by atoms with Crippen molar-refractivity contribution in [2.75, 3.05) is 7.05 Å². The number of hydrogen-bond acceptors (Lipinski definition) is 3. The number of nitrogens with zero attached hydrogens (tertiary/aromatic N) is 1. The maximum Gasteiger partial charge on any atom is 0.239 e. The molecule has 0 bridgehead atoms. The zero-order valence-corrected chi connectivity index (χ0v) is 14.0. The Hall–Kier alpha value is -2.46. The lowest BCUT2D eigenvalue weighted by Gasteiger charge is -2.36. The summed E-state index contributed by atoms with van der Waals surface area (Å²) in [7, 11) is 1.69. The summed E-state index contributed by atoms with van der Waals surface area (Å²) in [5.74, 6) is -1.59. The molecular weight excluding hydrogens is 324 g/mol. The average Bonchev–Trinajstić information content (AvgIpc) is 2.59. The topological polar surface area (TPSA) is 61.2 Å². The highest BCUT2D eigenvalue weighted by Crippen LogP contribution is 2.32. The van der Waals surface area contributed by atoms with Gasteiger partial charge in [-0.2, -0.15) is 0 Å². The molecule has 1 fully saturated rings. The molecule has 2 aromatic carbocycles. The molecule has 122 valence electrons. The van der Waals surface area contributed by atoms with Crippen molar-refractivity contribution in [3.63, 3.8) is 0 Å². The molecule has 2 atom stereocenters. The van der Waals surface area contributed by atoms with E-state index in [4.69, 9.17) is 17.0 Å². The Morgan fingerprint density at radius 3 is 2.33 bits per heavy atom. The molecule has 0 radical (unpaired) electrons. The predicted molar refractivity (Wildman–Crippen MR) is 93.3 cm³/mol. The number of benzene rings is 2. The van der Waals surface area contributed by atoms with Gasteiger partial charge >= 0.3 is 0 Å². The molecule has 1 amide bonds. The zero-order valence-electron chi connectivity index (χ0n) is 13.2. The van der Waals surface area contributed by atoms with Crippen LogP contribution in [0.25, 0.3) is 0 Å². The molecule has 1 heterocycles. The molecule has 1 saturated heterocycles. The monoisotopic (exact) mass is 340 g/mol. The molecule has 1 aliphatic rings. The van der Waals surface area contributed by atoms with E-state index in [9.17, 15) is 9.59 Å². The number of likely N-dealkylation sites (tertiary alicyclic amines) is 1. The van der Waals surface area contributed by atoms with E-state index >= 15 is 0 Å². The maximum atomic E-state index is 12.7. The molecule has 4 nitrogen and oxygen atoms in total. The Morgan fingerprint density at radius 1 is 1.08 bits per heavy atom. The van der Waals surface area contributed by atoms with Gasteiger partial charge in [-0.1, -0.05) is 54.1 Å². The van der Waals surface area contributed by atoms with Crippen LogP contribution >= 0.6 is 11.6 Å². The van der Waals surface area contributed by atoms with Gasteiger partial charge in [-0.05, 0) is 23.3 Å². The molecule has 3 rings (SSSR count). The van der Waals surface area contributed by atoms with Gasteiger partial charge < -0.3 is 10.3 Å². The van der Waals surface area contributed by atoms with Gasteiger partial charge in [-0.3, -0.25) is 9.59 Å². The summed E-state index contributed by atoms with van der Waals surface area (Å²) in [6.45, 7) is 0. The minimum absolute atomic E-state index is 0.0278. The van der Waals surface area contributed by atoms with E-state index in [-0.39, 0.29) is 29.9 Å². The fraction of sp³-hybridized carbons (Fsp3) is 0.211. The fourth-order valence-corrected chi connectivity index (χ4v) is 3.16. The molecule has 24 heavy (non-hydrogen) atoms. The minimum atomic E-state index is -1.05. The number of hydrogen-bond donors (Lipinski definition) is 1. The first-order chi connectivity index (χ1) is 11.5. The third-order valence-electron chi connectivity index (χ3n) is 4.41. The van der Waals surface area contributed by atoms with Crippen molar-refractivity contribution in [1.82, 2.24) is 4.90 Å². The van der Waals surface area contributed by atoms with E-state index in [0.29, 0.717) is 10.6 Å². The lowest BCUT2D eigenvalue weighted by atomic mass is 9.83. The van der Waals surface area contributed by atoms with Crippen LogP contribution in [0.3, 0.4) is 0 Å². The van der Waals surface area contributed by atoms with Gasteiger partial charge in [0.1, 0.15) is 5.92 Å². The number of carbonyl (C=O) groups is 2. The van der Waals surface area contributed by atoms with Crippen molar-refractivity contribution in [2.24, 2.45) is 5.92 Å². The van der Waals surface area contributed by atoms with Gasteiger partial charge in [0.25, 0.3) is 0 Å². The molecule has 0 aliphatic carbocycles. The lowest BCUT2D eigenvalue weighted by molar-refractivity contribution is -0.144. The summed E-state index contributed by atoms with van der Waals surface area (Å²) in [5, 5.41) is 8.85. The second-order valence-corrected chi connectivity index (χ2v) is 6.34. The molecule has 1 N–H and O–H groups in total. The van der Waals surface area contributed by atoms with Crippen LogP contribution in [0.4, 0.5) is 0 Å². The predicted octanol–water partition coefficient (Wildman–Crippen LogP) is 3.50. The van der Waals surface area contributed by atoms with Crippen LogP contribution in [0, 0.1) is 11.3 Å². The Labute approximate surface area is 145 Å². The summed E-state index contributed by atoms with van der Waals surface area (Å²) in [6.07, 6.45) is 0.215. The molecule has 2 unspecified atom stereocenters. The number of carbonyl (C=O) groups excluding carboxylic acids is 2. The smallest absolute Gasteiger partial charge is 0.239 e. The fourth-order valence-electron chi connectivity index (χ4n) is 3.04.